The van der Waals surface area contributed by atoms with Crippen LogP contribution in [-0.4, -0.2) is 37.8 Å². The summed E-state index contributed by atoms with van der Waals surface area (Å²) in [5.41, 5.74) is 0. The van der Waals surface area contributed by atoms with Gasteiger partial charge in [-0.05, 0) is 7.05 Å². The Morgan fingerprint density at radius 1 is 1.50 bits per heavy atom. The van der Waals surface area contributed by atoms with E-state index in [0.717, 1.165) is 6.54 Å². The van der Waals surface area contributed by atoms with Crippen LogP contribution >= 0.6 is 0 Å². The van der Waals surface area contributed by atoms with Crippen molar-refractivity contribution in [2.45, 2.75) is 6.23 Å². The van der Waals surface area contributed by atoms with E-state index in [9.17, 15) is 14.0 Å². The first-order chi connectivity index (χ1) is 5.49. The number of piperazine rings is 1. The van der Waals surface area contributed by atoms with Gasteiger partial charge in [0.05, 0.1) is 21.1 Å². The fraction of sp³-hybridized carbons (Fsp3) is 1.00. The quantitative estimate of drug-likeness (QED) is 0.483. The molecule has 1 fully saturated rings. The normalized spacial score (nSPS) is 27.5. The summed E-state index contributed by atoms with van der Waals surface area (Å²) in [5.74, 6) is 0. The van der Waals surface area contributed by atoms with E-state index >= 15 is 0 Å². The molecule has 7 heteroatoms. The number of nitrogens with zero attached hydrogens (tertiary/aromatic N) is 1. The number of rotatable bonds is 2. The number of nitrogens with one attached hydrogen (secondary N) is 1. The largest absolute Gasteiger partial charge is 0.311 e. The minimum absolute atomic E-state index is 0.352. The van der Waals surface area contributed by atoms with Gasteiger partial charge in [0.1, 0.15) is 0 Å². The van der Waals surface area contributed by atoms with Crippen LogP contribution in [0.3, 0.4) is 0 Å². The molecule has 1 rings (SSSR count). The van der Waals surface area contributed by atoms with Gasteiger partial charge in [-0.3, -0.25) is 4.90 Å². The zero-order valence-corrected chi connectivity index (χ0v) is 7.41. The van der Waals surface area contributed by atoms with Gasteiger partial charge in [-0.1, -0.05) is 0 Å². The molecule has 1 heterocycles. The molecule has 1 saturated heterocycles. The van der Waals surface area contributed by atoms with Crippen LogP contribution < -0.4 is 19.3 Å². The summed E-state index contributed by atoms with van der Waals surface area (Å²) < 4.78 is 34.8. The summed E-state index contributed by atoms with van der Waals surface area (Å²) in [6.07, 6.45) is -0.678. The van der Waals surface area contributed by atoms with Gasteiger partial charge in [0.25, 0.3) is 6.23 Å². The maximum absolute atomic E-state index is 10.2. The first-order valence-corrected chi connectivity index (χ1v) is 4.72. The number of hydrogen-bond donors (Lipinski definition) is 1. The summed E-state index contributed by atoms with van der Waals surface area (Å²) in [5, 5.41) is 2.91. The Bertz CT molecular complexity index is 151. The molecule has 6 nitrogen and oxygen atoms in total. The van der Waals surface area contributed by atoms with Crippen LogP contribution in [0.25, 0.3) is 0 Å². The molecule has 0 aromatic rings. The lowest BCUT2D eigenvalue weighted by Crippen LogP contribution is -2.65. The predicted octanol–water partition coefficient (Wildman–Crippen LogP) is -4.24. The highest BCUT2D eigenvalue weighted by Crippen LogP contribution is 2.05. The highest BCUT2D eigenvalue weighted by Gasteiger charge is 2.33. The Morgan fingerprint density at radius 2 is 2.17 bits per heavy atom. The molecule has 1 aliphatic rings. The molecular formula is C5H11ClN2O4. The second-order valence-electron chi connectivity index (χ2n) is 2.61. The molecule has 0 aromatic heterocycles. The molecule has 0 radical (unpaired) electrons. The zero-order valence-electron chi connectivity index (χ0n) is 6.66. The smallest absolute Gasteiger partial charge is 0.280 e. The van der Waals surface area contributed by atoms with Crippen molar-refractivity contribution < 1.29 is 28.5 Å². The highest BCUT2D eigenvalue weighted by atomic mass is 35.7. The summed E-state index contributed by atoms with van der Waals surface area (Å²) in [6.45, 7) is 1.78. The van der Waals surface area contributed by atoms with E-state index in [2.05, 4.69) is 9.61 Å². The van der Waals surface area contributed by atoms with Crippen molar-refractivity contribution in [1.29, 1.82) is 0 Å². The van der Waals surface area contributed by atoms with Gasteiger partial charge in [0.2, 0.25) is 0 Å². The van der Waals surface area contributed by atoms with Gasteiger partial charge >= 0.3 is 0 Å². The monoisotopic (exact) mass is 198 g/mol. The van der Waals surface area contributed by atoms with Crippen molar-refractivity contribution in [3.05, 3.63) is 0 Å². The van der Waals surface area contributed by atoms with Gasteiger partial charge in [0, 0.05) is 13.1 Å². The summed E-state index contributed by atoms with van der Waals surface area (Å²) in [7, 11) is -2.62. The van der Waals surface area contributed by atoms with Crippen molar-refractivity contribution >= 4 is 0 Å². The van der Waals surface area contributed by atoms with Crippen molar-refractivity contribution in [2.24, 2.45) is 0 Å². The topological polar surface area (TPSA) is 93.7 Å². The van der Waals surface area contributed by atoms with Crippen LogP contribution in [0.4, 0.5) is 0 Å². The van der Waals surface area contributed by atoms with E-state index in [1.807, 2.05) is 0 Å². The third-order valence-electron chi connectivity index (χ3n) is 1.66. The third-order valence-corrected chi connectivity index (χ3v) is 2.09. The van der Waals surface area contributed by atoms with E-state index in [1.165, 1.54) is 0 Å². The first-order valence-electron chi connectivity index (χ1n) is 3.49. The minimum Gasteiger partial charge on any atom is -0.311 e. The van der Waals surface area contributed by atoms with Crippen LogP contribution in [0.15, 0.2) is 0 Å². The minimum atomic E-state index is -4.32. The number of halogens is 1. The molecule has 72 valence electrons. The van der Waals surface area contributed by atoms with Crippen molar-refractivity contribution in [3.8, 4) is 0 Å². The lowest BCUT2D eigenvalue weighted by molar-refractivity contribution is -1.92. The van der Waals surface area contributed by atoms with Gasteiger partial charge in [-0.2, -0.15) is 14.0 Å². The van der Waals surface area contributed by atoms with Crippen molar-refractivity contribution in [1.82, 2.24) is 10.2 Å². The summed E-state index contributed by atoms with van der Waals surface area (Å²) in [6, 6.07) is 0. The molecule has 1 atom stereocenters. The lowest BCUT2D eigenvalue weighted by Gasteiger charge is -2.29. The molecule has 1 N–H and O–H groups in total. The van der Waals surface area contributed by atoms with Crippen molar-refractivity contribution in [2.75, 3.05) is 26.7 Å². The first kappa shape index (κ1) is 10.1. The van der Waals surface area contributed by atoms with E-state index < -0.39 is 16.5 Å². The fourth-order valence-electron chi connectivity index (χ4n) is 1.01. The molecule has 1 unspecified atom stereocenters. The maximum atomic E-state index is 10.2. The molecule has 0 spiro atoms. The number of likely N-dealkylation sites (N-methyl/N-ethyl adjacent to an activating group) is 1. The average Bonchev–Trinajstić information content (AvgIpc) is 1.91. The third kappa shape index (κ3) is 3.20. The second-order valence-corrected chi connectivity index (χ2v) is 3.54. The molecule has 0 amide bonds. The SMILES string of the molecule is CN1CCNCC1O[Cl+3]([O-])([O-])[O-]. The predicted molar refractivity (Wildman–Crippen MR) is 30.4 cm³/mol. The Morgan fingerprint density at radius 3 is 2.67 bits per heavy atom. The molecule has 0 aromatic carbocycles. The zero-order chi connectivity index (χ0) is 9.19. The molecule has 12 heavy (non-hydrogen) atoms. The maximum Gasteiger partial charge on any atom is 0.280 e. The molecule has 0 bridgehead atoms. The average molecular weight is 199 g/mol. The summed E-state index contributed by atoms with van der Waals surface area (Å²) in [4.78, 5) is 1.67. The van der Waals surface area contributed by atoms with E-state index in [1.54, 1.807) is 11.9 Å². The molecule has 0 saturated carbocycles. The molecule has 0 aliphatic carbocycles. The second kappa shape index (κ2) is 3.84. The Kier molecular flexibility index (Phi) is 3.24. The van der Waals surface area contributed by atoms with Gasteiger partial charge < -0.3 is 5.32 Å². The number of hydrogen-bond acceptors (Lipinski definition) is 6. The van der Waals surface area contributed by atoms with Crippen LogP contribution in [0.2, 0.25) is 0 Å². The Balaban J connectivity index is 2.39. The lowest BCUT2D eigenvalue weighted by atomic mass is 10.4. The molecule has 1 aliphatic heterocycles. The van der Waals surface area contributed by atoms with E-state index in [4.69, 9.17) is 0 Å². The van der Waals surface area contributed by atoms with Crippen LogP contribution in [0.5, 0.6) is 0 Å². The van der Waals surface area contributed by atoms with Crippen LogP contribution in [0.1, 0.15) is 0 Å². The summed E-state index contributed by atoms with van der Waals surface area (Å²) >= 11 is 0. The van der Waals surface area contributed by atoms with Gasteiger partial charge in [0.15, 0.2) is 0 Å². The molecular weight excluding hydrogens is 188 g/mol. The van der Waals surface area contributed by atoms with E-state index in [-0.39, 0.29) is 0 Å². The Hall–Kier alpha value is 0.0500. The Labute approximate surface area is 72.5 Å². The fourth-order valence-corrected chi connectivity index (χ4v) is 1.46. The van der Waals surface area contributed by atoms with Crippen molar-refractivity contribution in [3.63, 3.8) is 0 Å². The van der Waals surface area contributed by atoms with Crippen LogP contribution in [-0.2, 0) is 4.29 Å². The van der Waals surface area contributed by atoms with Gasteiger partial charge in [-0.15, -0.1) is 0 Å². The van der Waals surface area contributed by atoms with Gasteiger partial charge in [-0.25, -0.2) is 0 Å². The standard InChI is InChI=1S/C5H11ClN2O4/c1-8-3-2-7-4-5(8)12-6(9,10)11/h5,7H,2-4H2,1H3. The highest BCUT2D eigenvalue weighted by molar-refractivity contribution is 4.67. The van der Waals surface area contributed by atoms with Crippen LogP contribution in [0, 0.1) is 10.2 Å². The van der Waals surface area contributed by atoms with E-state index in [0.29, 0.717) is 13.1 Å².